The summed E-state index contributed by atoms with van der Waals surface area (Å²) in [5, 5.41) is 0. The largest absolute Gasteiger partial charge is 0.494 e. The van der Waals surface area contributed by atoms with E-state index in [1.807, 2.05) is 12.1 Å². The van der Waals surface area contributed by atoms with Crippen LogP contribution < -0.4 is 9.47 Å². The average molecular weight is 371 g/mol. The Morgan fingerprint density at radius 2 is 1.52 bits per heavy atom. The highest BCUT2D eigenvalue weighted by atomic mass is 19.1. The molecule has 0 amide bonds. The maximum atomic E-state index is 14.9. The molecule has 0 bridgehead atoms. The van der Waals surface area contributed by atoms with Crippen LogP contribution in [0.5, 0.6) is 11.5 Å². The zero-order valence-electron chi connectivity index (χ0n) is 16.7. The highest BCUT2D eigenvalue weighted by Gasteiger charge is 2.22. The van der Waals surface area contributed by atoms with Crippen LogP contribution in [-0.4, -0.2) is 13.2 Å². The Balaban J connectivity index is 1.73. The van der Waals surface area contributed by atoms with E-state index in [1.165, 1.54) is 18.4 Å². The Hall–Kier alpha value is -2.03. The first kappa shape index (κ1) is 19.7. The van der Waals surface area contributed by atoms with Gasteiger partial charge in [0.1, 0.15) is 5.75 Å². The lowest BCUT2D eigenvalue weighted by molar-refractivity contribution is 0.290. The van der Waals surface area contributed by atoms with Crippen molar-refractivity contribution >= 4 is 0 Å². The molecule has 0 unspecified atom stereocenters. The predicted molar refractivity (Wildman–Crippen MR) is 109 cm³/mol. The van der Waals surface area contributed by atoms with Gasteiger partial charge in [-0.25, -0.2) is 4.39 Å². The van der Waals surface area contributed by atoms with Gasteiger partial charge in [0.15, 0.2) is 11.6 Å². The van der Waals surface area contributed by atoms with E-state index in [4.69, 9.17) is 9.47 Å². The highest BCUT2D eigenvalue weighted by molar-refractivity contribution is 5.75. The summed E-state index contributed by atoms with van der Waals surface area (Å²) in [5.74, 6) is 1.13. The van der Waals surface area contributed by atoms with Gasteiger partial charge in [-0.15, -0.1) is 0 Å². The van der Waals surface area contributed by atoms with E-state index in [0.29, 0.717) is 18.8 Å². The maximum absolute atomic E-state index is 14.9. The van der Waals surface area contributed by atoms with E-state index < -0.39 is 0 Å². The maximum Gasteiger partial charge on any atom is 0.168 e. The first-order chi connectivity index (χ1) is 13.2. The minimum atomic E-state index is -0.186. The molecule has 3 heteroatoms. The van der Waals surface area contributed by atoms with Crippen LogP contribution in [0.25, 0.3) is 11.1 Å². The van der Waals surface area contributed by atoms with Crippen LogP contribution in [-0.2, 0) is 12.8 Å². The lowest BCUT2D eigenvalue weighted by Crippen LogP contribution is -2.09. The van der Waals surface area contributed by atoms with Gasteiger partial charge in [0.25, 0.3) is 0 Å². The van der Waals surface area contributed by atoms with E-state index in [-0.39, 0.29) is 5.82 Å². The molecule has 1 aliphatic rings. The van der Waals surface area contributed by atoms with Crippen molar-refractivity contribution in [3.05, 3.63) is 47.3 Å². The fraction of sp³-hybridized carbons (Fsp3) is 0.500. The van der Waals surface area contributed by atoms with E-state index >= 15 is 0 Å². The molecule has 0 saturated carbocycles. The number of benzene rings is 2. The smallest absolute Gasteiger partial charge is 0.168 e. The van der Waals surface area contributed by atoms with Gasteiger partial charge in [-0.1, -0.05) is 51.7 Å². The molecule has 3 rings (SSSR count). The Labute approximate surface area is 162 Å². The normalized spacial score (nSPS) is 12.4. The first-order valence-electron chi connectivity index (χ1n) is 10.4. The van der Waals surface area contributed by atoms with Crippen molar-refractivity contribution in [2.75, 3.05) is 13.2 Å². The molecular formula is C24H31FO2. The average Bonchev–Trinajstić information content (AvgIpc) is 2.69. The van der Waals surface area contributed by atoms with Crippen molar-refractivity contribution in [3.63, 3.8) is 0 Å². The Morgan fingerprint density at radius 1 is 0.815 bits per heavy atom. The number of ether oxygens (including phenoxy) is 2. The molecule has 27 heavy (non-hydrogen) atoms. The second-order valence-corrected chi connectivity index (χ2v) is 7.33. The van der Waals surface area contributed by atoms with Crippen molar-refractivity contribution in [1.82, 2.24) is 0 Å². The second-order valence-electron chi connectivity index (χ2n) is 7.33. The van der Waals surface area contributed by atoms with Gasteiger partial charge >= 0.3 is 0 Å². The third-order valence-corrected chi connectivity index (χ3v) is 5.24. The first-order valence-corrected chi connectivity index (χ1v) is 10.4. The molecule has 0 heterocycles. The van der Waals surface area contributed by atoms with Gasteiger partial charge in [0, 0.05) is 0 Å². The molecule has 146 valence electrons. The summed E-state index contributed by atoms with van der Waals surface area (Å²) in [6, 6.07) is 9.99. The number of aryl methyl sites for hydroxylation is 1. The van der Waals surface area contributed by atoms with Crippen LogP contribution in [0, 0.1) is 5.82 Å². The standard InChI is InChI=1S/C24H31FO2/c1-3-5-7-15-26-19-10-12-20-18(17-19)9-11-22-21(20)13-14-23(24(22)25)27-16-8-6-4-2/h10,12-14,17H,3-9,11,15-16H2,1-2H3. The number of rotatable bonds is 10. The minimum absolute atomic E-state index is 0.186. The molecule has 0 fully saturated rings. The van der Waals surface area contributed by atoms with Crippen LogP contribution in [0.4, 0.5) is 4.39 Å². The van der Waals surface area contributed by atoms with E-state index in [0.717, 1.165) is 61.2 Å². The molecule has 0 aliphatic heterocycles. The third-order valence-electron chi connectivity index (χ3n) is 5.24. The van der Waals surface area contributed by atoms with Crippen LogP contribution in [0.3, 0.4) is 0 Å². The zero-order chi connectivity index (χ0) is 19.1. The summed E-state index contributed by atoms with van der Waals surface area (Å²) in [6.07, 6.45) is 8.24. The fourth-order valence-corrected chi connectivity index (χ4v) is 3.67. The summed E-state index contributed by atoms with van der Waals surface area (Å²) in [7, 11) is 0. The van der Waals surface area contributed by atoms with Crippen LogP contribution >= 0.6 is 0 Å². The summed E-state index contributed by atoms with van der Waals surface area (Å²) < 4.78 is 26.5. The quantitative estimate of drug-likeness (QED) is 0.432. The van der Waals surface area contributed by atoms with E-state index in [9.17, 15) is 4.39 Å². The van der Waals surface area contributed by atoms with Crippen molar-refractivity contribution in [3.8, 4) is 22.6 Å². The van der Waals surface area contributed by atoms with Crippen LogP contribution in [0.1, 0.15) is 63.5 Å². The summed E-state index contributed by atoms with van der Waals surface area (Å²) in [6.45, 7) is 5.69. The molecule has 1 aliphatic carbocycles. The SMILES string of the molecule is CCCCCOc1ccc2c(c1)CCc1c-2ccc(OCCCCC)c1F. The van der Waals surface area contributed by atoms with Crippen molar-refractivity contribution < 1.29 is 13.9 Å². The summed E-state index contributed by atoms with van der Waals surface area (Å²) >= 11 is 0. The molecular weight excluding hydrogens is 339 g/mol. The number of halogens is 1. The molecule has 0 radical (unpaired) electrons. The molecule has 0 aromatic heterocycles. The third kappa shape index (κ3) is 4.82. The number of hydrogen-bond acceptors (Lipinski definition) is 2. The van der Waals surface area contributed by atoms with Gasteiger partial charge in [-0.05, 0) is 66.1 Å². The highest BCUT2D eigenvalue weighted by Crippen LogP contribution is 2.39. The monoisotopic (exact) mass is 370 g/mol. The van der Waals surface area contributed by atoms with Gasteiger partial charge in [0.2, 0.25) is 0 Å². The van der Waals surface area contributed by atoms with Crippen molar-refractivity contribution in [2.45, 2.75) is 65.2 Å². The van der Waals surface area contributed by atoms with Gasteiger partial charge in [-0.3, -0.25) is 0 Å². The van der Waals surface area contributed by atoms with Crippen LogP contribution in [0.2, 0.25) is 0 Å². The number of fused-ring (bicyclic) bond motifs is 3. The predicted octanol–water partition coefficient (Wildman–Crippen LogP) is 6.73. The molecule has 2 aromatic carbocycles. The summed E-state index contributed by atoms with van der Waals surface area (Å²) in [5.41, 5.74) is 4.14. The zero-order valence-corrected chi connectivity index (χ0v) is 16.7. The topological polar surface area (TPSA) is 18.5 Å². The molecule has 2 nitrogen and oxygen atoms in total. The van der Waals surface area contributed by atoms with E-state index in [2.05, 4.69) is 26.0 Å². The minimum Gasteiger partial charge on any atom is -0.494 e. The van der Waals surface area contributed by atoms with Gasteiger partial charge in [-0.2, -0.15) is 0 Å². The van der Waals surface area contributed by atoms with E-state index in [1.54, 1.807) is 6.07 Å². The molecule has 2 aromatic rings. The van der Waals surface area contributed by atoms with Gasteiger partial charge in [0.05, 0.1) is 13.2 Å². The Kier molecular flexibility index (Phi) is 7.14. The Morgan fingerprint density at radius 3 is 2.26 bits per heavy atom. The van der Waals surface area contributed by atoms with Gasteiger partial charge < -0.3 is 9.47 Å². The molecule has 0 spiro atoms. The van der Waals surface area contributed by atoms with Crippen LogP contribution in [0.15, 0.2) is 30.3 Å². The fourth-order valence-electron chi connectivity index (χ4n) is 3.67. The molecule has 0 saturated heterocycles. The van der Waals surface area contributed by atoms with Crippen molar-refractivity contribution in [1.29, 1.82) is 0 Å². The lowest BCUT2D eigenvalue weighted by Gasteiger charge is -2.22. The summed E-state index contributed by atoms with van der Waals surface area (Å²) in [4.78, 5) is 0. The molecule has 0 atom stereocenters. The molecule has 0 N–H and O–H groups in total. The lowest BCUT2D eigenvalue weighted by atomic mass is 9.85. The second kappa shape index (κ2) is 9.77. The van der Waals surface area contributed by atoms with Crippen molar-refractivity contribution in [2.24, 2.45) is 0 Å². The number of unbranched alkanes of at least 4 members (excludes halogenated alkanes) is 4. The Bertz CT molecular complexity index is 754. The number of hydrogen-bond donors (Lipinski definition) is 0.